The van der Waals surface area contributed by atoms with Gasteiger partial charge >= 0.3 is 5.97 Å². The monoisotopic (exact) mass is 208 g/mol. The number of rotatable bonds is 4. The average molecular weight is 208 g/mol. The fourth-order valence-electron chi connectivity index (χ4n) is 1.25. The van der Waals surface area contributed by atoms with Crippen molar-refractivity contribution in [2.75, 3.05) is 11.4 Å². The largest absolute Gasteiger partial charge is 0.481 e. The molecule has 1 aromatic rings. The van der Waals surface area contributed by atoms with Crippen molar-refractivity contribution in [2.45, 2.75) is 13.3 Å². The molecule has 0 saturated heterocycles. The lowest BCUT2D eigenvalue weighted by atomic mass is 10.3. The molecule has 15 heavy (non-hydrogen) atoms. The van der Waals surface area contributed by atoms with Gasteiger partial charge in [-0.05, 0) is 19.1 Å². The number of hydrogen-bond donors (Lipinski definition) is 1. The van der Waals surface area contributed by atoms with Crippen molar-refractivity contribution < 1.29 is 14.7 Å². The summed E-state index contributed by atoms with van der Waals surface area (Å²) in [7, 11) is 0. The lowest BCUT2D eigenvalue weighted by Gasteiger charge is -2.19. The van der Waals surface area contributed by atoms with E-state index in [1.165, 1.54) is 4.90 Å². The first-order chi connectivity index (χ1) is 7.15. The highest BCUT2D eigenvalue weighted by Crippen LogP contribution is 2.12. The molecule has 0 atom stereocenters. The number of carboxylic acids is 1. The van der Waals surface area contributed by atoms with E-state index in [1.807, 2.05) is 0 Å². The second-order valence-electron chi connectivity index (χ2n) is 2.91. The van der Waals surface area contributed by atoms with Crippen LogP contribution in [0.15, 0.2) is 24.5 Å². The van der Waals surface area contributed by atoms with E-state index in [0.29, 0.717) is 12.2 Å². The molecule has 0 spiro atoms. The standard InChI is InChI=1S/C10H12N2O3/c1-2-12(9(13)7-10(14)15)8-3-5-11-6-4-8/h3-6H,2,7H2,1H3,(H,14,15). The first-order valence-corrected chi connectivity index (χ1v) is 4.57. The molecule has 0 aromatic carbocycles. The summed E-state index contributed by atoms with van der Waals surface area (Å²) in [6, 6.07) is 3.34. The van der Waals surface area contributed by atoms with Gasteiger partial charge in [0, 0.05) is 24.6 Å². The number of amides is 1. The summed E-state index contributed by atoms with van der Waals surface area (Å²) in [6.45, 7) is 2.23. The number of pyridine rings is 1. The number of aromatic nitrogens is 1. The van der Waals surface area contributed by atoms with Gasteiger partial charge in [0.1, 0.15) is 6.42 Å². The van der Waals surface area contributed by atoms with E-state index in [4.69, 9.17) is 5.11 Å². The van der Waals surface area contributed by atoms with Gasteiger partial charge in [-0.15, -0.1) is 0 Å². The molecular formula is C10H12N2O3. The van der Waals surface area contributed by atoms with E-state index in [9.17, 15) is 9.59 Å². The Kier molecular flexibility index (Phi) is 3.79. The lowest BCUT2D eigenvalue weighted by Crippen LogP contribution is -2.32. The van der Waals surface area contributed by atoms with Gasteiger partial charge in [0.2, 0.25) is 5.91 Å². The minimum atomic E-state index is -1.12. The summed E-state index contributed by atoms with van der Waals surface area (Å²) in [5.41, 5.74) is 0.666. The van der Waals surface area contributed by atoms with Crippen molar-refractivity contribution in [1.82, 2.24) is 4.98 Å². The summed E-state index contributed by atoms with van der Waals surface area (Å²) in [4.78, 5) is 27.2. The van der Waals surface area contributed by atoms with Crippen LogP contribution in [0.2, 0.25) is 0 Å². The molecule has 5 heteroatoms. The van der Waals surface area contributed by atoms with Crippen LogP contribution in [0.4, 0.5) is 5.69 Å². The van der Waals surface area contributed by atoms with Crippen LogP contribution in [0.3, 0.4) is 0 Å². The third-order valence-corrected chi connectivity index (χ3v) is 1.89. The Hall–Kier alpha value is -1.91. The molecule has 80 valence electrons. The molecule has 1 amide bonds. The number of carbonyl (C=O) groups excluding carboxylic acids is 1. The number of carbonyl (C=O) groups is 2. The van der Waals surface area contributed by atoms with Crippen molar-refractivity contribution >= 4 is 17.6 Å². The van der Waals surface area contributed by atoms with Crippen molar-refractivity contribution in [3.63, 3.8) is 0 Å². The van der Waals surface area contributed by atoms with Crippen LogP contribution in [0.5, 0.6) is 0 Å². The van der Waals surface area contributed by atoms with Gasteiger partial charge in [-0.3, -0.25) is 14.6 Å². The minimum absolute atomic E-state index is 0.420. The van der Waals surface area contributed by atoms with Crippen molar-refractivity contribution in [3.05, 3.63) is 24.5 Å². The molecule has 0 radical (unpaired) electrons. The number of anilines is 1. The quantitative estimate of drug-likeness (QED) is 0.746. The molecule has 1 heterocycles. The van der Waals surface area contributed by atoms with E-state index in [2.05, 4.69) is 4.98 Å². The van der Waals surface area contributed by atoms with Crippen LogP contribution in [-0.2, 0) is 9.59 Å². The van der Waals surface area contributed by atoms with Gasteiger partial charge in [0.25, 0.3) is 0 Å². The van der Waals surface area contributed by atoms with Gasteiger partial charge in [-0.1, -0.05) is 0 Å². The van der Waals surface area contributed by atoms with Crippen molar-refractivity contribution in [1.29, 1.82) is 0 Å². The average Bonchev–Trinajstić information content (AvgIpc) is 2.19. The fourth-order valence-corrected chi connectivity index (χ4v) is 1.25. The highest BCUT2D eigenvalue weighted by atomic mass is 16.4. The molecule has 0 bridgehead atoms. The van der Waals surface area contributed by atoms with Crippen molar-refractivity contribution in [2.24, 2.45) is 0 Å². The van der Waals surface area contributed by atoms with E-state index in [1.54, 1.807) is 31.5 Å². The SMILES string of the molecule is CCN(C(=O)CC(=O)O)c1ccncc1. The van der Waals surface area contributed by atoms with Crippen LogP contribution in [0, 0.1) is 0 Å². The minimum Gasteiger partial charge on any atom is -0.481 e. The van der Waals surface area contributed by atoms with Gasteiger partial charge in [0.05, 0.1) is 0 Å². The molecule has 0 aliphatic rings. The van der Waals surface area contributed by atoms with Gasteiger partial charge in [0.15, 0.2) is 0 Å². The molecule has 1 aromatic heterocycles. The normalized spacial score (nSPS) is 9.67. The maximum atomic E-state index is 11.5. The zero-order valence-corrected chi connectivity index (χ0v) is 8.38. The molecule has 0 aliphatic carbocycles. The van der Waals surface area contributed by atoms with Crippen LogP contribution in [0.1, 0.15) is 13.3 Å². The Balaban J connectivity index is 2.80. The van der Waals surface area contributed by atoms with Crippen LogP contribution < -0.4 is 4.90 Å². The number of nitrogens with zero attached hydrogens (tertiary/aromatic N) is 2. The first kappa shape index (κ1) is 11.2. The maximum Gasteiger partial charge on any atom is 0.312 e. The fraction of sp³-hybridized carbons (Fsp3) is 0.300. The Labute approximate surface area is 87.4 Å². The van der Waals surface area contributed by atoms with Crippen LogP contribution >= 0.6 is 0 Å². The molecule has 5 nitrogen and oxygen atoms in total. The third-order valence-electron chi connectivity index (χ3n) is 1.89. The number of hydrogen-bond acceptors (Lipinski definition) is 3. The molecule has 0 unspecified atom stereocenters. The lowest BCUT2D eigenvalue weighted by molar-refractivity contribution is -0.140. The summed E-state index contributed by atoms with van der Waals surface area (Å²) in [6.07, 6.45) is 2.63. The first-order valence-electron chi connectivity index (χ1n) is 4.57. The molecule has 0 saturated carbocycles. The Morgan fingerprint density at radius 2 is 2.00 bits per heavy atom. The van der Waals surface area contributed by atoms with E-state index in [0.717, 1.165) is 0 Å². The highest BCUT2D eigenvalue weighted by Gasteiger charge is 2.16. The van der Waals surface area contributed by atoms with Gasteiger partial charge in [-0.25, -0.2) is 0 Å². The predicted molar refractivity (Wildman–Crippen MR) is 54.5 cm³/mol. The highest BCUT2D eigenvalue weighted by molar-refractivity contribution is 6.02. The second kappa shape index (κ2) is 5.09. The topological polar surface area (TPSA) is 70.5 Å². The smallest absolute Gasteiger partial charge is 0.312 e. The number of carboxylic acid groups (broad SMARTS) is 1. The van der Waals surface area contributed by atoms with E-state index < -0.39 is 18.3 Å². The maximum absolute atomic E-state index is 11.5. The zero-order chi connectivity index (χ0) is 11.3. The van der Waals surface area contributed by atoms with Crippen LogP contribution in [-0.4, -0.2) is 28.5 Å². The summed E-state index contributed by atoms with van der Waals surface area (Å²) in [5, 5.41) is 8.52. The second-order valence-corrected chi connectivity index (χ2v) is 2.91. The molecule has 0 fully saturated rings. The zero-order valence-electron chi connectivity index (χ0n) is 8.38. The summed E-state index contributed by atoms with van der Waals surface area (Å²) in [5.74, 6) is -1.54. The summed E-state index contributed by atoms with van der Waals surface area (Å²) < 4.78 is 0. The Morgan fingerprint density at radius 1 is 1.40 bits per heavy atom. The Morgan fingerprint density at radius 3 is 2.47 bits per heavy atom. The summed E-state index contributed by atoms with van der Waals surface area (Å²) >= 11 is 0. The molecule has 1 rings (SSSR count). The van der Waals surface area contributed by atoms with E-state index in [-0.39, 0.29) is 0 Å². The van der Waals surface area contributed by atoms with Gasteiger partial charge in [-0.2, -0.15) is 0 Å². The third kappa shape index (κ3) is 3.05. The molecular weight excluding hydrogens is 196 g/mol. The van der Waals surface area contributed by atoms with E-state index >= 15 is 0 Å². The molecule has 0 aliphatic heterocycles. The van der Waals surface area contributed by atoms with Crippen molar-refractivity contribution in [3.8, 4) is 0 Å². The molecule has 1 N–H and O–H groups in total. The predicted octanol–water partition coefficient (Wildman–Crippen LogP) is 0.909. The van der Waals surface area contributed by atoms with Crippen LogP contribution in [0.25, 0.3) is 0 Å². The van der Waals surface area contributed by atoms with Gasteiger partial charge < -0.3 is 10.0 Å². The Bertz CT molecular complexity index is 351. The number of aliphatic carboxylic acids is 1.